The van der Waals surface area contributed by atoms with Crippen LogP contribution in [0.1, 0.15) is 34.1 Å². The van der Waals surface area contributed by atoms with Crippen molar-refractivity contribution < 1.29 is 24.0 Å². The highest BCUT2D eigenvalue weighted by molar-refractivity contribution is 6.24. The zero-order chi connectivity index (χ0) is 18.7. The van der Waals surface area contributed by atoms with Crippen LogP contribution in [0.15, 0.2) is 18.2 Å². The van der Waals surface area contributed by atoms with E-state index < -0.39 is 34.4 Å². The molecule has 3 amide bonds. The average Bonchev–Trinajstić information content (AvgIpc) is 2.84. The summed E-state index contributed by atoms with van der Waals surface area (Å²) in [7, 11) is 3.12. The summed E-state index contributed by atoms with van der Waals surface area (Å²) in [4.78, 5) is 50.2. The van der Waals surface area contributed by atoms with Crippen LogP contribution in [-0.2, 0) is 9.53 Å². The number of fused-ring (bicyclic) bond motifs is 1. The fourth-order valence-corrected chi connectivity index (χ4v) is 2.78. The van der Waals surface area contributed by atoms with Crippen LogP contribution in [0.3, 0.4) is 0 Å². The van der Waals surface area contributed by atoms with Gasteiger partial charge in [-0.1, -0.05) is 6.07 Å². The molecule has 1 aliphatic heterocycles. The summed E-state index contributed by atoms with van der Waals surface area (Å²) in [6, 6.07) is 2.80. The van der Waals surface area contributed by atoms with Gasteiger partial charge in [-0.3, -0.25) is 29.4 Å². The van der Waals surface area contributed by atoms with E-state index in [9.17, 15) is 24.5 Å². The predicted octanol–water partition coefficient (Wildman–Crippen LogP) is 1.07. The van der Waals surface area contributed by atoms with Crippen molar-refractivity contribution in [2.24, 2.45) is 0 Å². The molecule has 1 aromatic rings. The molecule has 25 heavy (non-hydrogen) atoms. The van der Waals surface area contributed by atoms with Crippen molar-refractivity contribution >= 4 is 23.4 Å². The largest absolute Gasteiger partial charge is 0.385 e. The van der Waals surface area contributed by atoms with Crippen LogP contribution in [0.25, 0.3) is 0 Å². The molecule has 0 spiro atoms. The van der Waals surface area contributed by atoms with Gasteiger partial charge in [0.2, 0.25) is 5.91 Å². The number of ether oxygens (including phenoxy) is 1. The highest BCUT2D eigenvalue weighted by atomic mass is 16.6. The Morgan fingerprint density at radius 3 is 2.64 bits per heavy atom. The number of rotatable bonds is 7. The molecule has 0 N–H and O–H groups in total. The monoisotopic (exact) mass is 349 g/mol. The SMILES string of the molecule is COCCCN(C)C(=O)C(C)N1C(=O)c2cccc([N+](=O)[O-])c2C1=O. The van der Waals surface area contributed by atoms with Gasteiger partial charge in [-0.25, -0.2) is 0 Å². The van der Waals surface area contributed by atoms with Crippen molar-refractivity contribution in [3.05, 3.63) is 39.4 Å². The molecule has 134 valence electrons. The molecule has 0 saturated heterocycles. The lowest BCUT2D eigenvalue weighted by Crippen LogP contribution is -2.48. The zero-order valence-electron chi connectivity index (χ0n) is 14.2. The van der Waals surface area contributed by atoms with Crippen LogP contribution in [0.4, 0.5) is 5.69 Å². The number of carbonyl (C=O) groups excluding carboxylic acids is 3. The molecule has 9 heteroatoms. The highest BCUT2D eigenvalue weighted by Gasteiger charge is 2.45. The molecule has 0 radical (unpaired) electrons. The van der Waals surface area contributed by atoms with Crippen LogP contribution in [0, 0.1) is 10.1 Å². The Balaban J connectivity index is 2.25. The van der Waals surface area contributed by atoms with Gasteiger partial charge < -0.3 is 9.64 Å². The number of hydrogen-bond donors (Lipinski definition) is 0. The van der Waals surface area contributed by atoms with E-state index in [1.807, 2.05) is 0 Å². The number of hydrogen-bond acceptors (Lipinski definition) is 6. The molecule has 0 aliphatic carbocycles. The first-order valence-electron chi connectivity index (χ1n) is 7.70. The molecule has 1 aliphatic rings. The summed E-state index contributed by atoms with van der Waals surface area (Å²) in [6.07, 6.45) is 0.610. The normalized spacial score (nSPS) is 14.4. The number of carbonyl (C=O) groups is 3. The maximum atomic E-state index is 12.6. The van der Waals surface area contributed by atoms with Gasteiger partial charge in [0.25, 0.3) is 17.5 Å². The van der Waals surface area contributed by atoms with Crippen molar-refractivity contribution in [1.82, 2.24) is 9.80 Å². The van der Waals surface area contributed by atoms with Gasteiger partial charge in [0.05, 0.1) is 10.5 Å². The van der Waals surface area contributed by atoms with Gasteiger partial charge in [0, 0.05) is 33.4 Å². The molecule has 2 rings (SSSR count). The molecule has 1 unspecified atom stereocenters. The molecule has 1 aromatic carbocycles. The Labute approximate surface area is 144 Å². The third kappa shape index (κ3) is 3.36. The van der Waals surface area contributed by atoms with Crippen LogP contribution in [0.5, 0.6) is 0 Å². The van der Waals surface area contributed by atoms with Crippen molar-refractivity contribution in [2.45, 2.75) is 19.4 Å². The molecule has 1 heterocycles. The molecule has 0 fully saturated rings. The third-order valence-corrected chi connectivity index (χ3v) is 4.08. The molecular formula is C16H19N3O6. The topological polar surface area (TPSA) is 110 Å². The van der Waals surface area contributed by atoms with Crippen molar-refractivity contribution in [3.8, 4) is 0 Å². The Kier molecular flexibility index (Phi) is 5.48. The van der Waals surface area contributed by atoms with E-state index in [2.05, 4.69) is 0 Å². The van der Waals surface area contributed by atoms with E-state index in [0.29, 0.717) is 19.6 Å². The lowest BCUT2D eigenvalue weighted by molar-refractivity contribution is -0.385. The van der Waals surface area contributed by atoms with Gasteiger partial charge in [0.15, 0.2) is 0 Å². The first kappa shape index (κ1) is 18.5. The second kappa shape index (κ2) is 7.39. The van der Waals surface area contributed by atoms with E-state index >= 15 is 0 Å². The Morgan fingerprint density at radius 2 is 2.04 bits per heavy atom. The number of nitrogens with zero attached hydrogens (tertiary/aromatic N) is 3. The first-order chi connectivity index (χ1) is 11.8. The summed E-state index contributed by atoms with van der Waals surface area (Å²) in [5, 5.41) is 11.1. The molecule has 0 aromatic heterocycles. The van der Waals surface area contributed by atoms with Gasteiger partial charge >= 0.3 is 0 Å². The minimum atomic E-state index is -1.06. The van der Waals surface area contributed by atoms with Gasteiger partial charge in [-0.15, -0.1) is 0 Å². The van der Waals surface area contributed by atoms with E-state index in [1.165, 1.54) is 24.0 Å². The third-order valence-electron chi connectivity index (χ3n) is 4.08. The van der Waals surface area contributed by atoms with Crippen LogP contribution < -0.4 is 0 Å². The summed E-state index contributed by atoms with van der Waals surface area (Å²) < 4.78 is 4.92. The smallest absolute Gasteiger partial charge is 0.282 e. The highest BCUT2D eigenvalue weighted by Crippen LogP contribution is 2.32. The molecule has 0 bridgehead atoms. The minimum absolute atomic E-state index is 0.0547. The van der Waals surface area contributed by atoms with Crippen molar-refractivity contribution in [3.63, 3.8) is 0 Å². The van der Waals surface area contributed by atoms with Gasteiger partial charge in [-0.2, -0.15) is 0 Å². The summed E-state index contributed by atoms with van der Waals surface area (Å²) in [5.74, 6) is -1.94. The number of methoxy groups -OCH3 is 1. The Bertz CT molecular complexity index is 733. The lowest BCUT2D eigenvalue weighted by atomic mass is 10.1. The Morgan fingerprint density at radius 1 is 1.36 bits per heavy atom. The maximum absolute atomic E-state index is 12.6. The number of benzene rings is 1. The van der Waals surface area contributed by atoms with E-state index in [4.69, 9.17) is 4.74 Å². The van der Waals surface area contributed by atoms with E-state index in [0.717, 1.165) is 11.0 Å². The maximum Gasteiger partial charge on any atom is 0.282 e. The number of nitro benzene ring substituents is 1. The molecular weight excluding hydrogens is 330 g/mol. The minimum Gasteiger partial charge on any atom is -0.385 e. The number of imide groups is 1. The van der Waals surface area contributed by atoms with Crippen molar-refractivity contribution in [1.29, 1.82) is 0 Å². The second-order valence-electron chi connectivity index (χ2n) is 5.72. The quantitative estimate of drug-likeness (QED) is 0.315. The zero-order valence-corrected chi connectivity index (χ0v) is 14.2. The van der Waals surface area contributed by atoms with Crippen LogP contribution in [-0.4, -0.2) is 65.8 Å². The predicted molar refractivity (Wildman–Crippen MR) is 87.2 cm³/mol. The summed E-state index contributed by atoms with van der Waals surface area (Å²) >= 11 is 0. The van der Waals surface area contributed by atoms with Gasteiger partial charge in [0.1, 0.15) is 11.6 Å². The number of likely N-dealkylation sites (N-methyl/N-ethyl adjacent to an activating group) is 1. The number of amides is 3. The van der Waals surface area contributed by atoms with E-state index in [-0.39, 0.29) is 11.1 Å². The fraction of sp³-hybridized carbons (Fsp3) is 0.438. The molecule has 1 atom stereocenters. The average molecular weight is 349 g/mol. The lowest BCUT2D eigenvalue weighted by Gasteiger charge is -2.26. The second-order valence-corrected chi connectivity index (χ2v) is 5.72. The van der Waals surface area contributed by atoms with Crippen LogP contribution in [0.2, 0.25) is 0 Å². The van der Waals surface area contributed by atoms with Gasteiger partial charge in [-0.05, 0) is 19.4 Å². The summed E-state index contributed by atoms with van der Waals surface area (Å²) in [6.45, 7) is 2.31. The summed E-state index contributed by atoms with van der Waals surface area (Å²) in [5.41, 5.74) is -0.758. The van der Waals surface area contributed by atoms with Crippen LogP contribution >= 0.6 is 0 Å². The first-order valence-corrected chi connectivity index (χ1v) is 7.70. The fourth-order valence-electron chi connectivity index (χ4n) is 2.78. The molecule has 0 saturated carbocycles. The van der Waals surface area contributed by atoms with E-state index in [1.54, 1.807) is 14.2 Å². The molecule has 9 nitrogen and oxygen atoms in total. The Hall–Kier alpha value is -2.81. The standard InChI is InChI=1S/C16H19N3O6/c1-10(14(20)17(2)8-5-9-25-3)18-15(21)11-6-4-7-12(19(23)24)13(11)16(18)22/h4,6-7,10H,5,8-9H2,1-3H3. The number of nitro groups is 1. The van der Waals surface area contributed by atoms with Crippen molar-refractivity contribution in [2.75, 3.05) is 27.3 Å².